The molecule has 1 N–H and O–H groups in total. The van der Waals surface area contributed by atoms with E-state index in [1.165, 1.54) is 6.21 Å². The number of hydrogen-bond donors (Lipinski definition) is 1. The molecule has 5 nitrogen and oxygen atoms in total. The molecule has 0 aliphatic rings. The second-order valence-corrected chi connectivity index (χ2v) is 5.06. The van der Waals surface area contributed by atoms with Crippen molar-refractivity contribution in [2.45, 2.75) is 0 Å². The monoisotopic (exact) mass is 325 g/mol. The Morgan fingerprint density at radius 1 is 1.17 bits per heavy atom. The van der Waals surface area contributed by atoms with E-state index in [2.05, 4.69) is 15.5 Å². The fourth-order valence-electron chi connectivity index (χ4n) is 1.93. The van der Waals surface area contributed by atoms with E-state index in [-0.39, 0.29) is 5.91 Å². The summed E-state index contributed by atoms with van der Waals surface area (Å²) in [5.41, 5.74) is 3.56. The van der Waals surface area contributed by atoms with E-state index in [0.717, 1.165) is 5.56 Å². The number of nitrogens with one attached hydrogen (secondary N) is 1. The van der Waals surface area contributed by atoms with E-state index in [1.807, 2.05) is 24.3 Å². The second-order valence-electron chi connectivity index (χ2n) is 4.63. The molecule has 0 bridgehead atoms. The third kappa shape index (κ3) is 3.84. The maximum absolute atomic E-state index is 11.8. The van der Waals surface area contributed by atoms with Crippen LogP contribution in [0.25, 0.3) is 11.3 Å². The molecule has 2 heterocycles. The Hall–Kier alpha value is -2.92. The van der Waals surface area contributed by atoms with E-state index in [9.17, 15) is 4.79 Å². The predicted octanol–water partition coefficient (Wildman–Crippen LogP) is 3.76. The topological polar surface area (TPSA) is 67.5 Å². The van der Waals surface area contributed by atoms with Crippen LogP contribution in [0.2, 0.25) is 5.02 Å². The first-order valence-electron chi connectivity index (χ1n) is 6.82. The van der Waals surface area contributed by atoms with Crippen LogP contribution in [0.3, 0.4) is 0 Å². The molecule has 3 aromatic rings. The van der Waals surface area contributed by atoms with Gasteiger partial charge in [0.15, 0.2) is 0 Å². The molecule has 114 valence electrons. The van der Waals surface area contributed by atoms with Crippen molar-refractivity contribution >= 4 is 23.7 Å². The molecule has 0 atom stereocenters. The summed E-state index contributed by atoms with van der Waals surface area (Å²) < 4.78 is 5.64. The number of pyridine rings is 1. The smallest absolute Gasteiger partial charge is 0.289 e. The Morgan fingerprint density at radius 2 is 2.09 bits per heavy atom. The third-order valence-electron chi connectivity index (χ3n) is 2.99. The summed E-state index contributed by atoms with van der Waals surface area (Å²) in [6.07, 6.45) is 2.97. The van der Waals surface area contributed by atoms with Crippen molar-refractivity contribution in [3.8, 4) is 11.3 Å². The zero-order valence-electron chi connectivity index (χ0n) is 11.9. The SMILES string of the molecule is O=C(N/N=C\c1ccc(-c2cccc(Cl)c2)o1)c1ccccn1. The lowest BCUT2D eigenvalue weighted by molar-refractivity contribution is 0.0950. The Morgan fingerprint density at radius 3 is 2.87 bits per heavy atom. The molecule has 0 fully saturated rings. The number of carbonyl (C=O) groups is 1. The average molecular weight is 326 g/mol. The number of rotatable bonds is 4. The van der Waals surface area contributed by atoms with Crippen LogP contribution in [0.15, 0.2) is 70.3 Å². The summed E-state index contributed by atoms with van der Waals surface area (Å²) >= 11 is 5.96. The minimum Gasteiger partial charge on any atom is -0.455 e. The Bertz CT molecular complexity index is 844. The number of hydrogen-bond acceptors (Lipinski definition) is 4. The van der Waals surface area contributed by atoms with E-state index < -0.39 is 0 Å². The van der Waals surface area contributed by atoms with Crippen LogP contribution < -0.4 is 5.43 Å². The molecule has 0 radical (unpaired) electrons. The molecule has 0 unspecified atom stereocenters. The van der Waals surface area contributed by atoms with E-state index in [0.29, 0.717) is 22.2 Å². The van der Waals surface area contributed by atoms with Gasteiger partial charge in [-0.15, -0.1) is 0 Å². The normalized spacial score (nSPS) is 10.8. The molecule has 2 aromatic heterocycles. The Balaban J connectivity index is 1.66. The van der Waals surface area contributed by atoms with Gasteiger partial charge in [0.05, 0.1) is 6.21 Å². The van der Waals surface area contributed by atoms with Crippen molar-refractivity contribution in [1.29, 1.82) is 0 Å². The zero-order valence-corrected chi connectivity index (χ0v) is 12.7. The Kier molecular flexibility index (Phi) is 4.49. The number of carbonyl (C=O) groups excluding carboxylic acids is 1. The van der Waals surface area contributed by atoms with Gasteiger partial charge in [-0.2, -0.15) is 5.10 Å². The highest BCUT2D eigenvalue weighted by Crippen LogP contribution is 2.24. The van der Waals surface area contributed by atoms with E-state index in [4.69, 9.17) is 16.0 Å². The van der Waals surface area contributed by atoms with Gasteiger partial charge in [-0.05, 0) is 36.4 Å². The maximum atomic E-state index is 11.8. The number of hydrazone groups is 1. The van der Waals surface area contributed by atoms with E-state index >= 15 is 0 Å². The van der Waals surface area contributed by atoms with Crippen molar-refractivity contribution in [3.05, 3.63) is 77.3 Å². The summed E-state index contributed by atoms with van der Waals surface area (Å²) in [4.78, 5) is 15.7. The van der Waals surface area contributed by atoms with Gasteiger partial charge in [-0.25, -0.2) is 5.43 Å². The third-order valence-corrected chi connectivity index (χ3v) is 3.23. The molecule has 0 spiro atoms. The lowest BCUT2D eigenvalue weighted by atomic mass is 10.2. The molecule has 6 heteroatoms. The summed E-state index contributed by atoms with van der Waals surface area (Å²) in [5.74, 6) is 0.801. The number of nitrogens with zero attached hydrogens (tertiary/aromatic N) is 2. The molecule has 1 aromatic carbocycles. The van der Waals surface area contributed by atoms with Gasteiger partial charge in [-0.1, -0.05) is 29.8 Å². The quantitative estimate of drug-likeness (QED) is 0.586. The molecule has 0 aliphatic heterocycles. The van der Waals surface area contributed by atoms with Gasteiger partial charge in [0.25, 0.3) is 5.91 Å². The van der Waals surface area contributed by atoms with Crippen LogP contribution in [-0.4, -0.2) is 17.1 Å². The molecule has 1 amide bonds. The molecule has 23 heavy (non-hydrogen) atoms. The fourth-order valence-corrected chi connectivity index (χ4v) is 2.12. The number of benzene rings is 1. The molecule has 0 saturated carbocycles. The van der Waals surface area contributed by atoms with Gasteiger partial charge in [0.1, 0.15) is 17.2 Å². The van der Waals surface area contributed by atoms with Crippen molar-refractivity contribution in [1.82, 2.24) is 10.4 Å². The van der Waals surface area contributed by atoms with Crippen LogP contribution in [-0.2, 0) is 0 Å². The first-order chi connectivity index (χ1) is 11.2. The average Bonchev–Trinajstić information content (AvgIpc) is 3.04. The first-order valence-corrected chi connectivity index (χ1v) is 7.20. The number of halogens is 1. The van der Waals surface area contributed by atoms with Gasteiger partial charge in [0, 0.05) is 16.8 Å². The van der Waals surface area contributed by atoms with Crippen LogP contribution in [0, 0.1) is 0 Å². The number of amides is 1. The predicted molar refractivity (Wildman–Crippen MR) is 88.5 cm³/mol. The summed E-state index contributed by atoms with van der Waals surface area (Å²) in [5, 5.41) is 4.49. The standard InChI is InChI=1S/C17H12ClN3O2/c18-13-5-3-4-12(10-13)16-8-7-14(23-16)11-20-21-17(22)15-6-1-2-9-19-15/h1-11H,(H,21,22)/b20-11-. The van der Waals surface area contributed by atoms with Crippen LogP contribution >= 0.6 is 11.6 Å². The first kappa shape index (κ1) is 15.0. The second kappa shape index (κ2) is 6.89. The van der Waals surface area contributed by atoms with Gasteiger partial charge >= 0.3 is 0 Å². The highest BCUT2D eigenvalue weighted by Gasteiger charge is 2.05. The molecule has 0 aliphatic carbocycles. The molecular formula is C17H12ClN3O2. The maximum Gasteiger partial charge on any atom is 0.289 e. The number of furan rings is 1. The molecule has 0 saturated heterocycles. The largest absolute Gasteiger partial charge is 0.455 e. The minimum absolute atomic E-state index is 0.295. The summed E-state index contributed by atoms with van der Waals surface area (Å²) in [7, 11) is 0. The van der Waals surface area contributed by atoms with Crippen molar-refractivity contribution in [2.75, 3.05) is 0 Å². The van der Waals surface area contributed by atoms with Crippen molar-refractivity contribution in [2.24, 2.45) is 5.10 Å². The van der Waals surface area contributed by atoms with Crippen LogP contribution in [0.1, 0.15) is 16.2 Å². The summed E-state index contributed by atoms with van der Waals surface area (Å²) in [6, 6.07) is 16.0. The summed E-state index contributed by atoms with van der Waals surface area (Å²) in [6.45, 7) is 0. The minimum atomic E-state index is -0.386. The van der Waals surface area contributed by atoms with Gasteiger partial charge in [0.2, 0.25) is 0 Å². The van der Waals surface area contributed by atoms with Gasteiger partial charge < -0.3 is 4.42 Å². The lowest BCUT2D eigenvalue weighted by Gasteiger charge is -1.98. The highest BCUT2D eigenvalue weighted by atomic mass is 35.5. The Labute approximate surface area is 137 Å². The molecular weight excluding hydrogens is 314 g/mol. The zero-order chi connectivity index (χ0) is 16.1. The number of aromatic nitrogens is 1. The van der Waals surface area contributed by atoms with Crippen LogP contribution in [0.4, 0.5) is 0 Å². The lowest BCUT2D eigenvalue weighted by Crippen LogP contribution is -2.18. The molecule has 3 rings (SSSR count). The van der Waals surface area contributed by atoms with Crippen molar-refractivity contribution in [3.63, 3.8) is 0 Å². The van der Waals surface area contributed by atoms with Crippen molar-refractivity contribution < 1.29 is 9.21 Å². The van der Waals surface area contributed by atoms with E-state index in [1.54, 1.807) is 36.5 Å². The van der Waals surface area contributed by atoms with Gasteiger partial charge in [-0.3, -0.25) is 9.78 Å². The van der Waals surface area contributed by atoms with Crippen LogP contribution in [0.5, 0.6) is 0 Å². The fraction of sp³-hybridized carbons (Fsp3) is 0. The highest BCUT2D eigenvalue weighted by molar-refractivity contribution is 6.30.